The van der Waals surface area contributed by atoms with Gasteiger partial charge in [-0.15, -0.1) is 0 Å². The van der Waals surface area contributed by atoms with Crippen LogP contribution in [-0.4, -0.2) is 17.0 Å². The van der Waals surface area contributed by atoms with E-state index in [9.17, 15) is 14.7 Å². The summed E-state index contributed by atoms with van der Waals surface area (Å²) in [6.45, 7) is 3.52. The highest BCUT2D eigenvalue weighted by atomic mass is 16.4. The lowest BCUT2D eigenvalue weighted by molar-refractivity contribution is -0.151. The maximum Gasteiger partial charge on any atom is 0.310 e. The second kappa shape index (κ2) is 6.71. The number of carbonyl (C=O) groups is 2. The summed E-state index contributed by atoms with van der Waals surface area (Å²) in [5.41, 5.74) is -0.285. The van der Waals surface area contributed by atoms with Crippen LogP contribution >= 0.6 is 0 Å². The van der Waals surface area contributed by atoms with Gasteiger partial charge in [0, 0.05) is 6.42 Å². The Kier molecular flexibility index (Phi) is 5.27. The van der Waals surface area contributed by atoms with Gasteiger partial charge in [-0.1, -0.05) is 26.0 Å². The Morgan fingerprint density at radius 2 is 1.90 bits per heavy atom. The van der Waals surface area contributed by atoms with Gasteiger partial charge in [0.15, 0.2) is 0 Å². The molecule has 0 unspecified atom stereocenters. The molecule has 0 bridgehead atoms. The largest absolute Gasteiger partial charge is 0.481 e. The lowest BCUT2D eigenvalue weighted by atomic mass is 9.79. The fourth-order valence-electron chi connectivity index (χ4n) is 2.07. The fraction of sp³-hybridized carbons (Fsp3) is 0.400. The van der Waals surface area contributed by atoms with Crippen LogP contribution < -0.4 is 5.32 Å². The number of nitriles is 1. The molecule has 0 aliphatic heterocycles. The Morgan fingerprint density at radius 3 is 2.40 bits per heavy atom. The molecule has 1 aromatic rings. The molecular weight excluding hydrogens is 256 g/mol. The van der Waals surface area contributed by atoms with E-state index >= 15 is 0 Å². The number of rotatable bonds is 6. The third-order valence-electron chi connectivity index (χ3n) is 3.63. The van der Waals surface area contributed by atoms with Crippen molar-refractivity contribution in [2.24, 2.45) is 5.41 Å². The van der Waals surface area contributed by atoms with E-state index < -0.39 is 11.4 Å². The standard InChI is InChI=1S/C15H18N2O3/c1-3-15(4-2,14(19)20)9-13(18)17-12-8-6-5-7-11(12)10-16/h5-8H,3-4,9H2,1-2H3,(H,17,18)(H,19,20). The Morgan fingerprint density at radius 1 is 1.30 bits per heavy atom. The van der Waals surface area contributed by atoms with Gasteiger partial charge < -0.3 is 10.4 Å². The topological polar surface area (TPSA) is 90.2 Å². The lowest BCUT2D eigenvalue weighted by Crippen LogP contribution is -2.34. The number of hydrogen-bond acceptors (Lipinski definition) is 3. The van der Waals surface area contributed by atoms with Crippen molar-refractivity contribution in [3.8, 4) is 6.07 Å². The number of aliphatic carboxylic acids is 1. The number of para-hydroxylation sites is 1. The zero-order valence-electron chi connectivity index (χ0n) is 11.6. The predicted octanol–water partition coefficient (Wildman–Crippen LogP) is 2.78. The minimum absolute atomic E-state index is 0.102. The summed E-state index contributed by atoms with van der Waals surface area (Å²) in [6, 6.07) is 8.61. The highest BCUT2D eigenvalue weighted by Gasteiger charge is 2.37. The van der Waals surface area contributed by atoms with Gasteiger partial charge in [0.25, 0.3) is 0 Å². The first kappa shape index (κ1) is 15.7. The van der Waals surface area contributed by atoms with Crippen molar-refractivity contribution in [3.63, 3.8) is 0 Å². The van der Waals surface area contributed by atoms with Gasteiger partial charge >= 0.3 is 5.97 Å². The third kappa shape index (κ3) is 3.35. The lowest BCUT2D eigenvalue weighted by Gasteiger charge is -2.25. The number of carboxylic acids is 1. The van der Waals surface area contributed by atoms with Crippen molar-refractivity contribution in [2.45, 2.75) is 33.1 Å². The van der Waals surface area contributed by atoms with E-state index in [0.29, 0.717) is 24.1 Å². The molecule has 2 N–H and O–H groups in total. The highest BCUT2D eigenvalue weighted by Crippen LogP contribution is 2.31. The van der Waals surface area contributed by atoms with Crippen molar-refractivity contribution >= 4 is 17.6 Å². The fourth-order valence-corrected chi connectivity index (χ4v) is 2.07. The number of carbonyl (C=O) groups excluding carboxylic acids is 1. The molecule has 1 rings (SSSR count). The number of carboxylic acid groups (broad SMARTS) is 1. The van der Waals surface area contributed by atoms with Gasteiger partial charge in [-0.25, -0.2) is 0 Å². The van der Waals surface area contributed by atoms with Gasteiger partial charge in [0.2, 0.25) is 5.91 Å². The molecular formula is C15H18N2O3. The van der Waals surface area contributed by atoms with Gasteiger partial charge in [0.05, 0.1) is 16.7 Å². The van der Waals surface area contributed by atoms with Crippen molar-refractivity contribution in [1.82, 2.24) is 0 Å². The maximum absolute atomic E-state index is 12.0. The Hall–Kier alpha value is -2.35. The summed E-state index contributed by atoms with van der Waals surface area (Å²) >= 11 is 0. The van der Waals surface area contributed by atoms with E-state index in [1.54, 1.807) is 38.1 Å². The second-order valence-corrected chi connectivity index (χ2v) is 4.67. The average Bonchev–Trinajstić information content (AvgIpc) is 2.45. The van der Waals surface area contributed by atoms with E-state index in [2.05, 4.69) is 5.32 Å². The molecule has 5 heteroatoms. The summed E-state index contributed by atoms with van der Waals surface area (Å²) in [4.78, 5) is 23.4. The SMILES string of the molecule is CCC(CC)(CC(=O)Nc1ccccc1C#N)C(=O)O. The van der Waals surface area contributed by atoms with Crippen LogP contribution in [0.1, 0.15) is 38.7 Å². The predicted molar refractivity (Wildman–Crippen MR) is 75.1 cm³/mol. The molecule has 0 aliphatic rings. The van der Waals surface area contributed by atoms with Crippen LogP contribution in [0.4, 0.5) is 5.69 Å². The van der Waals surface area contributed by atoms with E-state index in [1.165, 1.54) is 0 Å². The molecule has 0 heterocycles. The zero-order chi connectivity index (χ0) is 15.2. The third-order valence-corrected chi connectivity index (χ3v) is 3.63. The van der Waals surface area contributed by atoms with Crippen LogP contribution in [0.25, 0.3) is 0 Å². The number of anilines is 1. The molecule has 5 nitrogen and oxygen atoms in total. The quantitative estimate of drug-likeness (QED) is 0.834. The zero-order valence-corrected chi connectivity index (χ0v) is 11.6. The van der Waals surface area contributed by atoms with E-state index in [-0.39, 0.29) is 12.3 Å². The Balaban J connectivity index is 2.87. The van der Waals surface area contributed by atoms with Gasteiger partial charge in [0.1, 0.15) is 6.07 Å². The van der Waals surface area contributed by atoms with Crippen molar-refractivity contribution < 1.29 is 14.7 Å². The molecule has 1 amide bonds. The molecule has 0 fully saturated rings. The van der Waals surface area contributed by atoms with E-state index in [4.69, 9.17) is 5.26 Å². The number of benzene rings is 1. The number of nitrogens with one attached hydrogen (secondary N) is 1. The number of amides is 1. The second-order valence-electron chi connectivity index (χ2n) is 4.67. The highest BCUT2D eigenvalue weighted by molar-refractivity contribution is 5.95. The molecule has 1 aromatic carbocycles. The van der Waals surface area contributed by atoms with Crippen molar-refractivity contribution in [3.05, 3.63) is 29.8 Å². The van der Waals surface area contributed by atoms with Crippen LogP contribution in [0, 0.1) is 16.7 Å². The first-order valence-electron chi connectivity index (χ1n) is 6.51. The summed E-state index contributed by atoms with van der Waals surface area (Å²) in [5, 5.41) is 20.9. The molecule has 0 saturated carbocycles. The van der Waals surface area contributed by atoms with Crippen molar-refractivity contribution in [2.75, 3.05) is 5.32 Å². The monoisotopic (exact) mass is 274 g/mol. The van der Waals surface area contributed by atoms with Crippen LogP contribution in [0.3, 0.4) is 0 Å². The molecule has 106 valence electrons. The first-order valence-corrected chi connectivity index (χ1v) is 6.51. The molecule has 0 atom stereocenters. The summed E-state index contributed by atoms with van der Waals surface area (Å²) in [7, 11) is 0. The summed E-state index contributed by atoms with van der Waals surface area (Å²) in [6.07, 6.45) is 0.660. The first-order chi connectivity index (χ1) is 9.49. The average molecular weight is 274 g/mol. The van der Waals surface area contributed by atoms with Gasteiger partial charge in [-0.3, -0.25) is 9.59 Å². The smallest absolute Gasteiger partial charge is 0.310 e. The Labute approximate surface area is 118 Å². The minimum atomic E-state index is -1.05. The van der Waals surface area contributed by atoms with Gasteiger partial charge in [-0.2, -0.15) is 5.26 Å². The maximum atomic E-state index is 12.0. The summed E-state index contributed by atoms with van der Waals surface area (Å²) in [5.74, 6) is -1.36. The van der Waals surface area contributed by atoms with Gasteiger partial charge in [-0.05, 0) is 25.0 Å². The molecule has 20 heavy (non-hydrogen) atoms. The molecule has 0 saturated heterocycles. The van der Waals surface area contributed by atoms with E-state index in [1.807, 2.05) is 6.07 Å². The molecule has 0 radical (unpaired) electrons. The molecule has 0 spiro atoms. The van der Waals surface area contributed by atoms with Crippen molar-refractivity contribution in [1.29, 1.82) is 5.26 Å². The van der Waals surface area contributed by atoms with Crippen LogP contribution in [0.15, 0.2) is 24.3 Å². The van der Waals surface area contributed by atoms with Crippen LogP contribution in [-0.2, 0) is 9.59 Å². The Bertz CT molecular complexity index is 542. The molecule has 0 aliphatic carbocycles. The van der Waals surface area contributed by atoms with E-state index in [0.717, 1.165) is 0 Å². The van der Waals surface area contributed by atoms with Crippen LogP contribution in [0.5, 0.6) is 0 Å². The minimum Gasteiger partial charge on any atom is -0.481 e. The van der Waals surface area contributed by atoms with Crippen LogP contribution in [0.2, 0.25) is 0 Å². The normalized spacial score (nSPS) is 10.7. The number of nitrogens with zero attached hydrogens (tertiary/aromatic N) is 1. The number of hydrogen-bond donors (Lipinski definition) is 2. The summed E-state index contributed by atoms with van der Waals surface area (Å²) < 4.78 is 0. The molecule has 0 aromatic heterocycles.